The quantitative estimate of drug-likeness (QED) is 0.700. The van der Waals surface area contributed by atoms with Gasteiger partial charge >= 0.3 is 5.97 Å². The van der Waals surface area contributed by atoms with Crippen LogP contribution in [0, 0.1) is 11.8 Å². The molecule has 4 heteroatoms. The zero-order valence-electron chi connectivity index (χ0n) is 13.8. The van der Waals surface area contributed by atoms with Gasteiger partial charge in [-0.15, -0.1) is 0 Å². The van der Waals surface area contributed by atoms with Crippen LogP contribution in [0.3, 0.4) is 0 Å². The lowest BCUT2D eigenvalue weighted by Crippen LogP contribution is -2.58. The van der Waals surface area contributed by atoms with Gasteiger partial charge in [-0.25, -0.2) is 4.79 Å². The van der Waals surface area contributed by atoms with Crippen molar-refractivity contribution in [2.75, 3.05) is 20.3 Å². The first-order valence-electron chi connectivity index (χ1n) is 8.61. The van der Waals surface area contributed by atoms with Gasteiger partial charge in [0.1, 0.15) is 5.54 Å². The zero-order chi connectivity index (χ0) is 15.3. The number of nitrogens with one attached hydrogen (secondary N) is 1. The first kappa shape index (κ1) is 16.8. The molecular weight excluding hydrogens is 266 g/mol. The van der Waals surface area contributed by atoms with E-state index in [9.17, 15) is 4.79 Å². The number of carbonyl (C=O) groups excluding carboxylic acids is 1. The maximum Gasteiger partial charge on any atom is 0.328 e. The molecule has 122 valence electrons. The standard InChI is InChI=1S/C17H31NO3/c1-4-13-7-6-8-15(11-13)21-12-17(18-5-2,14-9-10-14)16(19)20-3/h13-15,18H,4-12H2,1-3H3. The fraction of sp³-hybridized carbons (Fsp3) is 0.941. The van der Waals surface area contributed by atoms with Crippen molar-refractivity contribution in [3.05, 3.63) is 0 Å². The Labute approximate surface area is 129 Å². The molecule has 0 aromatic carbocycles. The van der Waals surface area contributed by atoms with Crippen molar-refractivity contribution in [3.8, 4) is 0 Å². The molecule has 0 heterocycles. The van der Waals surface area contributed by atoms with Crippen molar-refractivity contribution in [1.29, 1.82) is 0 Å². The van der Waals surface area contributed by atoms with E-state index in [0.29, 0.717) is 18.6 Å². The Kier molecular flexibility index (Phi) is 6.06. The SMILES string of the molecule is CCNC(COC1CCCC(CC)C1)(C(=O)OC)C1CC1. The minimum Gasteiger partial charge on any atom is -0.468 e. The molecule has 4 nitrogen and oxygen atoms in total. The van der Waals surface area contributed by atoms with Gasteiger partial charge in [0, 0.05) is 0 Å². The van der Waals surface area contributed by atoms with E-state index in [0.717, 1.165) is 38.1 Å². The highest BCUT2D eigenvalue weighted by Gasteiger charge is 2.52. The highest BCUT2D eigenvalue weighted by Crippen LogP contribution is 2.41. The number of ether oxygens (including phenoxy) is 2. The average molecular weight is 297 g/mol. The molecule has 0 aliphatic heterocycles. The third-order valence-electron chi connectivity index (χ3n) is 5.17. The molecule has 0 saturated heterocycles. The first-order chi connectivity index (χ1) is 10.2. The Balaban J connectivity index is 1.96. The largest absolute Gasteiger partial charge is 0.468 e. The second-order valence-electron chi connectivity index (χ2n) is 6.64. The molecule has 21 heavy (non-hydrogen) atoms. The fourth-order valence-corrected chi connectivity index (χ4v) is 3.70. The highest BCUT2D eigenvalue weighted by molar-refractivity contribution is 5.82. The molecule has 3 atom stereocenters. The normalized spacial score (nSPS) is 28.9. The Morgan fingerprint density at radius 1 is 1.24 bits per heavy atom. The molecule has 0 radical (unpaired) electrons. The second-order valence-corrected chi connectivity index (χ2v) is 6.64. The molecule has 2 saturated carbocycles. The molecule has 2 rings (SSSR count). The smallest absolute Gasteiger partial charge is 0.328 e. The van der Waals surface area contributed by atoms with Crippen LogP contribution in [0.2, 0.25) is 0 Å². The number of methoxy groups -OCH3 is 1. The van der Waals surface area contributed by atoms with Crippen molar-refractivity contribution in [2.45, 2.75) is 70.4 Å². The number of hydrogen-bond donors (Lipinski definition) is 1. The lowest BCUT2D eigenvalue weighted by Gasteiger charge is -2.35. The summed E-state index contributed by atoms with van der Waals surface area (Å²) in [5, 5.41) is 3.37. The van der Waals surface area contributed by atoms with Crippen molar-refractivity contribution < 1.29 is 14.3 Å². The predicted molar refractivity (Wildman–Crippen MR) is 83.1 cm³/mol. The number of rotatable bonds is 8. The van der Waals surface area contributed by atoms with E-state index in [-0.39, 0.29) is 5.97 Å². The van der Waals surface area contributed by atoms with Gasteiger partial charge in [-0.2, -0.15) is 0 Å². The highest BCUT2D eigenvalue weighted by atomic mass is 16.5. The molecule has 0 aromatic heterocycles. The van der Waals surface area contributed by atoms with Gasteiger partial charge in [0.05, 0.1) is 19.8 Å². The van der Waals surface area contributed by atoms with E-state index in [1.54, 1.807) is 0 Å². The third-order valence-corrected chi connectivity index (χ3v) is 5.17. The van der Waals surface area contributed by atoms with Gasteiger partial charge in [-0.05, 0) is 44.1 Å². The van der Waals surface area contributed by atoms with Crippen LogP contribution in [0.15, 0.2) is 0 Å². The zero-order valence-corrected chi connectivity index (χ0v) is 13.8. The fourth-order valence-electron chi connectivity index (χ4n) is 3.70. The summed E-state index contributed by atoms with van der Waals surface area (Å²) in [6, 6.07) is 0. The van der Waals surface area contributed by atoms with E-state index in [2.05, 4.69) is 12.2 Å². The molecule has 2 fully saturated rings. The van der Waals surface area contributed by atoms with Gasteiger partial charge in [-0.3, -0.25) is 5.32 Å². The van der Waals surface area contributed by atoms with E-state index >= 15 is 0 Å². The van der Waals surface area contributed by atoms with E-state index in [1.807, 2.05) is 6.92 Å². The predicted octanol–water partition coefficient (Wildman–Crippen LogP) is 2.90. The van der Waals surface area contributed by atoms with Crippen LogP contribution in [0.4, 0.5) is 0 Å². The van der Waals surface area contributed by atoms with Crippen molar-refractivity contribution >= 4 is 5.97 Å². The summed E-state index contributed by atoms with van der Waals surface area (Å²) in [5.41, 5.74) is -0.622. The van der Waals surface area contributed by atoms with Crippen LogP contribution in [0.25, 0.3) is 0 Å². The van der Waals surface area contributed by atoms with Crippen LogP contribution >= 0.6 is 0 Å². The Morgan fingerprint density at radius 2 is 2.00 bits per heavy atom. The van der Waals surface area contributed by atoms with E-state index in [1.165, 1.54) is 26.4 Å². The Morgan fingerprint density at radius 3 is 2.57 bits per heavy atom. The van der Waals surface area contributed by atoms with E-state index < -0.39 is 5.54 Å². The number of hydrogen-bond acceptors (Lipinski definition) is 4. The maximum absolute atomic E-state index is 12.3. The maximum atomic E-state index is 12.3. The van der Waals surface area contributed by atoms with E-state index in [4.69, 9.17) is 9.47 Å². The summed E-state index contributed by atoms with van der Waals surface area (Å²) in [5.74, 6) is 1.00. The Hall–Kier alpha value is -0.610. The van der Waals surface area contributed by atoms with Crippen LogP contribution in [0.1, 0.15) is 58.8 Å². The van der Waals surface area contributed by atoms with Gasteiger partial charge in [-0.1, -0.05) is 33.1 Å². The minimum atomic E-state index is -0.622. The van der Waals surface area contributed by atoms with Crippen molar-refractivity contribution in [1.82, 2.24) is 5.32 Å². The van der Waals surface area contributed by atoms with Crippen molar-refractivity contribution in [2.24, 2.45) is 11.8 Å². The number of esters is 1. The molecule has 0 spiro atoms. The molecule has 3 unspecified atom stereocenters. The topological polar surface area (TPSA) is 47.6 Å². The van der Waals surface area contributed by atoms with Crippen molar-refractivity contribution in [3.63, 3.8) is 0 Å². The summed E-state index contributed by atoms with van der Waals surface area (Å²) >= 11 is 0. The summed E-state index contributed by atoms with van der Waals surface area (Å²) < 4.78 is 11.3. The Bertz CT molecular complexity index is 343. The molecular formula is C17H31NO3. The minimum absolute atomic E-state index is 0.158. The molecule has 2 aliphatic rings. The second kappa shape index (κ2) is 7.59. The number of likely N-dealkylation sites (N-methyl/N-ethyl adjacent to an activating group) is 1. The van der Waals surface area contributed by atoms with Crippen LogP contribution in [-0.4, -0.2) is 37.9 Å². The molecule has 0 aromatic rings. The van der Waals surface area contributed by atoms with Crippen LogP contribution < -0.4 is 5.32 Å². The lowest BCUT2D eigenvalue weighted by molar-refractivity contribution is -0.154. The summed E-state index contributed by atoms with van der Waals surface area (Å²) in [4.78, 5) is 12.3. The molecule has 1 N–H and O–H groups in total. The third kappa shape index (κ3) is 3.98. The molecule has 2 aliphatic carbocycles. The van der Waals surface area contributed by atoms with Gasteiger partial charge in [0.15, 0.2) is 0 Å². The lowest BCUT2D eigenvalue weighted by atomic mass is 9.85. The summed E-state index contributed by atoms with van der Waals surface area (Å²) in [7, 11) is 1.48. The van der Waals surface area contributed by atoms with Gasteiger partial charge in [0.2, 0.25) is 0 Å². The monoisotopic (exact) mass is 297 g/mol. The first-order valence-corrected chi connectivity index (χ1v) is 8.61. The molecule has 0 bridgehead atoms. The summed E-state index contributed by atoms with van der Waals surface area (Å²) in [6.07, 6.45) is 8.58. The average Bonchev–Trinajstić information content (AvgIpc) is 3.36. The van der Waals surface area contributed by atoms with Crippen LogP contribution in [-0.2, 0) is 14.3 Å². The van der Waals surface area contributed by atoms with Gasteiger partial charge in [0.25, 0.3) is 0 Å². The number of carbonyl (C=O) groups is 1. The summed E-state index contributed by atoms with van der Waals surface area (Å²) in [6.45, 7) is 5.51. The van der Waals surface area contributed by atoms with Gasteiger partial charge < -0.3 is 9.47 Å². The van der Waals surface area contributed by atoms with Crippen LogP contribution in [0.5, 0.6) is 0 Å². The molecule has 0 amide bonds.